The number of carboxylic acids is 1. The Hall–Kier alpha value is -1.85. The molecule has 1 aliphatic carbocycles. The topological polar surface area (TPSA) is 84.3 Å². The predicted molar refractivity (Wildman–Crippen MR) is 70.3 cm³/mol. The fourth-order valence-corrected chi connectivity index (χ4v) is 2.22. The van der Waals surface area contributed by atoms with E-state index in [1.54, 1.807) is 0 Å². The van der Waals surface area contributed by atoms with Gasteiger partial charge < -0.3 is 15.2 Å². The minimum Gasteiger partial charge on any atom is -0.481 e. The summed E-state index contributed by atoms with van der Waals surface area (Å²) < 4.78 is 5.39. The van der Waals surface area contributed by atoms with Crippen molar-refractivity contribution in [2.24, 2.45) is 5.41 Å². The Morgan fingerprint density at radius 3 is 2.79 bits per heavy atom. The Kier molecular flexibility index (Phi) is 3.87. The molecule has 0 spiro atoms. The summed E-state index contributed by atoms with van der Waals surface area (Å²) in [6.45, 7) is 4.69. The fourth-order valence-electron chi connectivity index (χ4n) is 2.22. The van der Waals surface area contributed by atoms with Crippen LogP contribution >= 0.6 is 0 Å². The molecule has 1 saturated carbocycles. The zero-order valence-corrected chi connectivity index (χ0v) is 11.3. The van der Waals surface area contributed by atoms with Crippen molar-refractivity contribution < 1.29 is 14.6 Å². The number of nitrogens with zero attached hydrogens (tertiary/aromatic N) is 2. The summed E-state index contributed by atoms with van der Waals surface area (Å²) in [4.78, 5) is 19.5. The first-order valence-corrected chi connectivity index (χ1v) is 6.51. The van der Waals surface area contributed by atoms with Crippen LogP contribution in [0.1, 0.15) is 31.7 Å². The van der Waals surface area contributed by atoms with E-state index in [0.717, 1.165) is 24.8 Å². The molecule has 0 bridgehead atoms. The van der Waals surface area contributed by atoms with Crippen LogP contribution in [0.4, 0.5) is 5.82 Å². The molecule has 2 N–H and O–H groups in total. The van der Waals surface area contributed by atoms with E-state index in [9.17, 15) is 9.90 Å². The van der Waals surface area contributed by atoms with Gasteiger partial charge in [0.2, 0.25) is 5.88 Å². The van der Waals surface area contributed by atoms with Crippen LogP contribution in [0.2, 0.25) is 0 Å². The number of hydrogen-bond acceptors (Lipinski definition) is 5. The van der Waals surface area contributed by atoms with Gasteiger partial charge in [-0.15, -0.1) is 0 Å². The quantitative estimate of drug-likeness (QED) is 0.816. The Morgan fingerprint density at radius 2 is 2.26 bits per heavy atom. The second-order valence-electron chi connectivity index (χ2n) is 4.88. The van der Waals surface area contributed by atoms with Crippen LogP contribution in [-0.4, -0.2) is 34.2 Å². The van der Waals surface area contributed by atoms with E-state index in [0.29, 0.717) is 24.8 Å². The van der Waals surface area contributed by atoms with Gasteiger partial charge in [0, 0.05) is 6.54 Å². The van der Waals surface area contributed by atoms with Gasteiger partial charge in [-0.3, -0.25) is 4.79 Å². The summed E-state index contributed by atoms with van der Waals surface area (Å²) in [5, 5.41) is 12.4. The number of aliphatic carboxylic acids is 1. The highest BCUT2D eigenvalue weighted by atomic mass is 16.5. The zero-order valence-electron chi connectivity index (χ0n) is 11.3. The van der Waals surface area contributed by atoms with Crippen molar-refractivity contribution >= 4 is 11.8 Å². The molecular formula is C13H19N3O3. The molecule has 0 atom stereocenters. The van der Waals surface area contributed by atoms with Crippen molar-refractivity contribution in [1.29, 1.82) is 0 Å². The molecule has 1 heterocycles. The summed E-state index contributed by atoms with van der Waals surface area (Å²) in [5.74, 6) is 0.451. The van der Waals surface area contributed by atoms with E-state index in [1.165, 1.54) is 6.33 Å². The van der Waals surface area contributed by atoms with Gasteiger partial charge in [0.25, 0.3) is 0 Å². The maximum absolute atomic E-state index is 11.3. The number of ether oxygens (including phenoxy) is 1. The molecule has 19 heavy (non-hydrogen) atoms. The average molecular weight is 265 g/mol. The van der Waals surface area contributed by atoms with Crippen LogP contribution in [0.3, 0.4) is 0 Å². The van der Waals surface area contributed by atoms with E-state index in [4.69, 9.17) is 4.74 Å². The SMILES string of the molecule is CCOc1ncnc(NCC2(C(=O)O)CCC2)c1C. The van der Waals surface area contributed by atoms with Crippen molar-refractivity contribution in [2.75, 3.05) is 18.5 Å². The van der Waals surface area contributed by atoms with Crippen LogP contribution < -0.4 is 10.1 Å². The smallest absolute Gasteiger partial charge is 0.311 e. The maximum Gasteiger partial charge on any atom is 0.311 e. The van der Waals surface area contributed by atoms with E-state index >= 15 is 0 Å². The summed E-state index contributed by atoms with van der Waals surface area (Å²) in [6, 6.07) is 0. The molecule has 0 saturated heterocycles. The molecule has 6 nitrogen and oxygen atoms in total. The molecule has 0 unspecified atom stereocenters. The van der Waals surface area contributed by atoms with Gasteiger partial charge >= 0.3 is 5.97 Å². The van der Waals surface area contributed by atoms with Crippen molar-refractivity contribution in [3.05, 3.63) is 11.9 Å². The number of rotatable bonds is 6. The van der Waals surface area contributed by atoms with Crippen molar-refractivity contribution in [3.8, 4) is 5.88 Å². The third-order valence-electron chi connectivity index (χ3n) is 3.68. The lowest BCUT2D eigenvalue weighted by Crippen LogP contribution is -2.43. The van der Waals surface area contributed by atoms with Crippen molar-refractivity contribution in [2.45, 2.75) is 33.1 Å². The fraction of sp³-hybridized carbons (Fsp3) is 0.615. The predicted octanol–water partition coefficient (Wildman–Crippen LogP) is 1.85. The summed E-state index contributed by atoms with van der Waals surface area (Å²) in [6.07, 6.45) is 3.84. The van der Waals surface area contributed by atoms with Gasteiger partial charge in [0.05, 0.1) is 17.6 Å². The maximum atomic E-state index is 11.3. The van der Waals surface area contributed by atoms with E-state index < -0.39 is 11.4 Å². The molecule has 0 radical (unpaired) electrons. The molecule has 0 amide bonds. The third-order valence-corrected chi connectivity index (χ3v) is 3.68. The van der Waals surface area contributed by atoms with Crippen LogP contribution in [0, 0.1) is 12.3 Å². The summed E-state index contributed by atoms with van der Waals surface area (Å²) >= 11 is 0. The second kappa shape index (κ2) is 5.42. The minimum atomic E-state index is -0.733. The van der Waals surface area contributed by atoms with Gasteiger partial charge in [0.15, 0.2) is 0 Å². The lowest BCUT2D eigenvalue weighted by molar-refractivity contribution is -0.153. The number of carbonyl (C=O) groups is 1. The Bertz CT molecular complexity index is 472. The summed E-state index contributed by atoms with van der Waals surface area (Å²) in [5.41, 5.74) is 0.174. The monoisotopic (exact) mass is 265 g/mol. The number of carboxylic acid groups (broad SMARTS) is 1. The van der Waals surface area contributed by atoms with Crippen LogP contribution in [0.25, 0.3) is 0 Å². The molecule has 2 rings (SSSR count). The molecule has 1 fully saturated rings. The van der Waals surface area contributed by atoms with Crippen LogP contribution in [0.15, 0.2) is 6.33 Å². The van der Waals surface area contributed by atoms with Crippen LogP contribution in [-0.2, 0) is 4.79 Å². The van der Waals surface area contributed by atoms with E-state index in [-0.39, 0.29) is 0 Å². The highest BCUT2D eigenvalue weighted by molar-refractivity contribution is 5.76. The minimum absolute atomic E-state index is 0.395. The summed E-state index contributed by atoms with van der Waals surface area (Å²) in [7, 11) is 0. The third kappa shape index (κ3) is 2.62. The average Bonchev–Trinajstić information content (AvgIpc) is 2.32. The molecule has 104 valence electrons. The molecule has 1 aromatic heterocycles. The molecular weight excluding hydrogens is 246 g/mol. The first kappa shape index (κ1) is 13.6. The number of anilines is 1. The first-order chi connectivity index (χ1) is 9.09. The first-order valence-electron chi connectivity index (χ1n) is 6.51. The molecule has 1 aliphatic rings. The van der Waals surface area contributed by atoms with Gasteiger partial charge in [-0.05, 0) is 26.7 Å². The molecule has 1 aromatic rings. The standard InChI is InChI=1S/C13H19N3O3/c1-3-19-11-9(2)10(15-8-16-11)14-7-13(12(17)18)5-4-6-13/h8H,3-7H2,1-2H3,(H,17,18)(H,14,15,16). The largest absolute Gasteiger partial charge is 0.481 e. The highest BCUT2D eigenvalue weighted by Crippen LogP contribution is 2.41. The normalized spacial score (nSPS) is 16.5. The molecule has 6 heteroatoms. The Balaban J connectivity index is 2.07. The lowest BCUT2D eigenvalue weighted by Gasteiger charge is -2.37. The van der Waals surface area contributed by atoms with Gasteiger partial charge in [-0.25, -0.2) is 9.97 Å². The van der Waals surface area contributed by atoms with Crippen molar-refractivity contribution in [1.82, 2.24) is 9.97 Å². The van der Waals surface area contributed by atoms with Crippen LogP contribution in [0.5, 0.6) is 5.88 Å². The molecule has 0 aliphatic heterocycles. The van der Waals surface area contributed by atoms with E-state index in [2.05, 4.69) is 15.3 Å². The molecule has 0 aromatic carbocycles. The lowest BCUT2D eigenvalue weighted by atomic mass is 9.69. The highest BCUT2D eigenvalue weighted by Gasteiger charge is 2.44. The van der Waals surface area contributed by atoms with Crippen molar-refractivity contribution in [3.63, 3.8) is 0 Å². The second-order valence-corrected chi connectivity index (χ2v) is 4.88. The Morgan fingerprint density at radius 1 is 1.53 bits per heavy atom. The van der Waals surface area contributed by atoms with Gasteiger partial charge in [0.1, 0.15) is 12.1 Å². The van der Waals surface area contributed by atoms with E-state index in [1.807, 2.05) is 13.8 Å². The number of hydrogen-bond donors (Lipinski definition) is 2. The van der Waals surface area contributed by atoms with Gasteiger partial charge in [-0.1, -0.05) is 6.42 Å². The van der Waals surface area contributed by atoms with Gasteiger partial charge in [-0.2, -0.15) is 0 Å². The number of aromatic nitrogens is 2. The Labute approximate surface area is 112 Å². The number of nitrogens with one attached hydrogen (secondary N) is 1. The zero-order chi connectivity index (χ0) is 13.9.